The molecule has 0 heterocycles. The Balaban J connectivity index is 2.62. The van der Waals surface area contributed by atoms with Crippen LogP contribution in [0.4, 0.5) is 39.5 Å². The summed E-state index contributed by atoms with van der Waals surface area (Å²) in [6.45, 7) is 0. The third-order valence-electron chi connectivity index (χ3n) is 3.84. The quantitative estimate of drug-likeness (QED) is 0.253. The van der Waals surface area contributed by atoms with Crippen LogP contribution in [0.2, 0.25) is 0 Å². The minimum absolute atomic E-state index is 0.196. The third kappa shape index (κ3) is 5.47. The van der Waals surface area contributed by atoms with E-state index in [1.165, 1.54) is 24.3 Å². The van der Waals surface area contributed by atoms with Crippen molar-refractivity contribution in [3.05, 3.63) is 74.7 Å². The fourth-order valence-electron chi connectivity index (χ4n) is 2.15. The molecule has 0 aliphatic carbocycles. The molecule has 0 fully saturated rings. The number of halogens is 11. The summed E-state index contributed by atoms with van der Waals surface area (Å²) in [6, 6.07) is 10.9. The van der Waals surface area contributed by atoms with Gasteiger partial charge in [0.15, 0.2) is 0 Å². The van der Waals surface area contributed by atoms with Crippen LogP contribution in [0.5, 0.6) is 0 Å². The second kappa shape index (κ2) is 8.90. The molecular weight excluding hydrogens is 571 g/mol. The van der Waals surface area contributed by atoms with Gasteiger partial charge in [0.05, 0.1) is 0 Å². The zero-order valence-corrected chi connectivity index (χ0v) is 18.0. The lowest BCUT2D eigenvalue weighted by Gasteiger charge is -2.32. The van der Waals surface area contributed by atoms with Gasteiger partial charge in [-0.1, -0.05) is 55.8 Å². The fourth-order valence-corrected chi connectivity index (χ4v) is 2.68. The molecule has 0 aliphatic heterocycles. The molecule has 0 aromatic heterocycles. The Hall–Kier alpha value is -1.93. The summed E-state index contributed by atoms with van der Waals surface area (Å²) in [7, 11) is 0. The van der Waals surface area contributed by atoms with Crippen molar-refractivity contribution in [2.24, 2.45) is 0 Å². The predicted octanol–water partition coefficient (Wildman–Crippen LogP) is 8.11. The first-order valence-electron chi connectivity index (χ1n) is 8.05. The van der Waals surface area contributed by atoms with E-state index in [0.29, 0.717) is 8.95 Å². The highest BCUT2D eigenvalue weighted by Crippen LogP contribution is 2.53. The summed E-state index contributed by atoms with van der Waals surface area (Å²) in [5.41, 5.74) is -0.807. The lowest BCUT2D eigenvalue weighted by molar-refractivity contribution is -0.388. The topological polar surface area (TPSA) is 0 Å². The van der Waals surface area contributed by atoms with Gasteiger partial charge in [-0.2, -0.15) is 39.5 Å². The minimum atomic E-state index is -6.98. The first-order chi connectivity index (χ1) is 14.1. The Morgan fingerprint density at radius 2 is 1.13 bits per heavy atom. The maximum absolute atomic E-state index is 14.1. The SMILES string of the molecule is FC(F)(F)C(F)(F)C(F)(F)C(F)(F)/C=C(/C#Cc1ccc(Br)cc1)c1ccc(Br)cc1. The zero-order chi connectivity index (χ0) is 23.7. The summed E-state index contributed by atoms with van der Waals surface area (Å²) >= 11 is 6.22. The van der Waals surface area contributed by atoms with Crippen molar-refractivity contribution >= 4 is 37.4 Å². The van der Waals surface area contributed by atoms with E-state index in [4.69, 9.17) is 0 Å². The van der Waals surface area contributed by atoms with Crippen LogP contribution in [-0.4, -0.2) is 23.9 Å². The number of hydrogen-bond acceptors (Lipinski definition) is 0. The van der Waals surface area contributed by atoms with Crippen LogP contribution in [0.25, 0.3) is 5.57 Å². The van der Waals surface area contributed by atoms with Gasteiger partial charge in [-0.3, -0.25) is 0 Å². The second-order valence-electron chi connectivity index (χ2n) is 6.09. The monoisotopic (exact) mass is 578 g/mol. The Morgan fingerprint density at radius 1 is 0.677 bits per heavy atom. The molecule has 0 aliphatic rings. The van der Waals surface area contributed by atoms with Crippen LogP contribution >= 0.6 is 31.9 Å². The normalized spacial score (nSPS) is 13.6. The maximum Gasteiger partial charge on any atom is 0.460 e. The molecule has 2 aromatic carbocycles. The largest absolute Gasteiger partial charge is 0.460 e. The average molecular weight is 580 g/mol. The van der Waals surface area contributed by atoms with Gasteiger partial charge in [0, 0.05) is 26.2 Å². The summed E-state index contributed by atoms with van der Waals surface area (Å²) in [5.74, 6) is -15.1. The number of benzene rings is 2. The Morgan fingerprint density at radius 3 is 1.58 bits per heavy atom. The molecule has 0 bridgehead atoms. The van der Waals surface area contributed by atoms with Crippen LogP contribution in [0.15, 0.2) is 63.6 Å². The molecule has 0 unspecified atom stereocenters. The first kappa shape index (κ1) is 25.3. The van der Waals surface area contributed by atoms with Crippen LogP contribution < -0.4 is 0 Å². The summed E-state index contributed by atoms with van der Waals surface area (Å²) in [5, 5.41) is 0. The van der Waals surface area contributed by atoms with Crippen molar-refractivity contribution in [3.8, 4) is 11.8 Å². The van der Waals surface area contributed by atoms with Crippen LogP contribution in [0.1, 0.15) is 11.1 Å². The molecule has 0 atom stereocenters. The number of hydrogen-bond donors (Lipinski definition) is 0. The maximum atomic E-state index is 14.1. The van der Waals surface area contributed by atoms with E-state index < -0.39 is 35.6 Å². The molecule has 31 heavy (non-hydrogen) atoms. The van der Waals surface area contributed by atoms with Gasteiger partial charge in [-0.15, -0.1) is 0 Å². The van der Waals surface area contributed by atoms with Gasteiger partial charge in [0.1, 0.15) is 0 Å². The molecule has 0 saturated heterocycles. The number of allylic oxidation sites excluding steroid dienone is 2. The molecule has 11 heteroatoms. The lowest BCUT2D eigenvalue weighted by Crippen LogP contribution is -2.60. The highest BCUT2D eigenvalue weighted by atomic mass is 79.9. The summed E-state index contributed by atoms with van der Waals surface area (Å²) < 4.78 is 120. The van der Waals surface area contributed by atoms with Crippen molar-refractivity contribution in [3.63, 3.8) is 0 Å². The van der Waals surface area contributed by atoms with Crippen molar-refractivity contribution in [2.45, 2.75) is 23.9 Å². The van der Waals surface area contributed by atoms with Gasteiger partial charge in [0.2, 0.25) is 0 Å². The highest BCUT2D eigenvalue weighted by molar-refractivity contribution is 9.10. The predicted molar refractivity (Wildman–Crippen MR) is 104 cm³/mol. The van der Waals surface area contributed by atoms with E-state index >= 15 is 0 Å². The van der Waals surface area contributed by atoms with E-state index in [0.717, 1.165) is 12.1 Å². The Kier molecular flexibility index (Phi) is 7.27. The highest BCUT2D eigenvalue weighted by Gasteiger charge is 2.81. The van der Waals surface area contributed by atoms with Crippen molar-refractivity contribution in [1.82, 2.24) is 0 Å². The lowest BCUT2D eigenvalue weighted by atomic mass is 9.98. The molecule has 2 aromatic rings. The van der Waals surface area contributed by atoms with Gasteiger partial charge in [-0.05, 0) is 42.0 Å². The average Bonchev–Trinajstić information content (AvgIpc) is 2.66. The molecule has 0 saturated carbocycles. The molecule has 166 valence electrons. The molecule has 0 amide bonds. The van der Waals surface area contributed by atoms with Gasteiger partial charge < -0.3 is 0 Å². The molecule has 0 radical (unpaired) electrons. The van der Waals surface area contributed by atoms with Crippen LogP contribution in [0, 0.1) is 11.8 Å². The molecular formula is C20H9Br2F9. The molecule has 0 nitrogen and oxygen atoms in total. The second-order valence-corrected chi connectivity index (χ2v) is 7.92. The van der Waals surface area contributed by atoms with Crippen LogP contribution in [0.3, 0.4) is 0 Å². The van der Waals surface area contributed by atoms with E-state index in [1.54, 1.807) is 12.1 Å². The standard InChI is InChI=1S/C20H9Br2F9/c21-15-7-2-12(3-8-15)1-4-14(13-5-9-16(22)10-6-13)11-17(23,24)18(25,26)19(27,28)20(29,30)31/h2-3,5-11H/b14-11-. The number of rotatable bonds is 4. The van der Waals surface area contributed by atoms with Crippen molar-refractivity contribution in [2.75, 3.05) is 0 Å². The molecule has 0 N–H and O–H groups in total. The Labute approximate surface area is 187 Å². The fraction of sp³-hybridized carbons (Fsp3) is 0.200. The first-order valence-corrected chi connectivity index (χ1v) is 9.63. The van der Waals surface area contributed by atoms with E-state index in [-0.39, 0.29) is 11.1 Å². The summed E-state index contributed by atoms with van der Waals surface area (Å²) in [6.07, 6.45) is -7.57. The van der Waals surface area contributed by atoms with Crippen molar-refractivity contribution < 1.29 is 39.5 Å². The minimum Gasteiger partial charge on any atom is -0.195 e. The van der Waals surface area contributed by atoms with E-state index in [2.05, 4.69) is 43.7 Å². The van der Waals surface area contributed by atoms with Gasteiger partial charge in [0.25, 0.3) is 0 Å². The number of alkyl halides is 9. The van der Waals surface area contributed by atoms with Crippen molar-refractivity contribution in [1.29, 1.82) is 0 Å². The molecule has 0 spiro atoms. The Bertz CT molecular complexity index is 1010. The van der Waals surface area contributed by atoms with Crippen LogP contribution in [-0.2, 0) is 0 Å². The zero-order valence-electron chi connectivity index (χ0n) is 14.9. The molecule has 2 rings (SSSR count). The van der Waals surface area contributed by atoms with Gasteiger partial charge >= 0.3 is 23.9 Å². The smallest absolute Gasteiger partial charge is 0.195 e. The summed E-state index contributed by atoms with van der Waals surface area (Å²) in [4.78, 5) is 0. The van der Waals surface area contributed by atoms with E-state index in [1.807, 2.05) is 0 Å². The van der Waals surface area contributed by atoms with E-state index in [9.17, 15) is 39.5 Å². The van der Waals surface area contributed by atoms with Gasteiger partial charge in [-0.25, -0.2) is 0 Å². The third-order valence-corrected chi connectivity index (χ3v) is 4.89.